The van der Waals surface area contributed by atoms with Crippen LogP contribution in [0.15, 0.2) is 24.3 Å². The van der Waals surface area contributed by atoms with Crippen LogP contribution >= 0.6 is 50.5 Å². The van der Waals surface area contributed by atoms with Gasteiger partial charge in [0.15, 0.2) is 0 Å². The maximum Gasteiger partial charge on any atom is 0.255 e. The first-order valence-electron chi connectivity index (χ1n) is 6.20. The first kappa shape index (κ1) is 15.2. The van der Waals surface area contributed by atoms with E-state index in [0.29, 0.717) is 33.1 Å². The van der Waals surface area contributed by atoms with E-state index in [1.165, 1.54) is 11.3 Å². The Labute approximate surface area is 144 Å². The lowest BCUT2D eigenvalue weighted by atomic mass is 10.0. The van der Waals surface area contributed by atoms with Crippen LogP contribution in [-0.2, 0) is 0 Å². The molecule has 1 N–H and O–H groups in total. The van der Waals surface area contributed by atoms with Crippen LogP contribution in [0.4, 0.5) is 0 Å². The lowest BCUT2D eigenvalue weighted by Gasteiger charge is -2.12. The predicted molar refractivity (Wildman–Crippen MR) is 89.4 cm³/mol. The molecule has 2 heterocycles. The number of hydrogen-bond acceptors (Lipinski definition) is 3. The second-order valence-corrected chi connectivity index (χ2v) is 7.70. The number of fused-ring (bicyclic) bond motifs is 1. The summed E-state index contributed by atoms with van der Waals surface area (Å²) in [6.07, 6.45) is 0. The highest BCUT2D eigenvalue weighted by Crippen LogP contribution is 2.42. The Hall–Kier alpha value is -0.750. The van der Waals surface area contributed by atoms with Crippen molar-refractivity contribution in [1.29, 1.82) is 0 Å². The molecule has 1 aliphatic heterocycles. The maximum atomic E-state index is 12.0. The second kappa shape index (κ2) is 6.16. The van der Waals surface area contributed by atoms with Crippen molar-refractivity contribution in [3.05, 3.63) is 49.6 Å². The van der Waals surface area contributed by atoms with Crippen molar-refractivity contribution >= 4 is 56.4 Å². The van der Waals surface area contributed by atoms with E-state index >= 15 is 0 Å². The van der Waals surface area contributed by atoms with Crippen molar-refractivity contribution in [1.82, 2.24) is 5.32 Å². The summed E-state index contributed by atoms with van der Waals surface area (Å²) >= 11 is 17.1. The van der Waals surface area contributed by atoms with Crippen LogP contribution in [0.1, 0.15) is 26.3 Å². The van der Waals surface area contributed by atoms with Crippen LogP contribution in [0.25, 0.3) is 0 Å². The minimum absolute atomic E-state index is 0.126. The van der Waals surface area contributed by atoms with E-state index < -0.39 is 0 Å². The topological polar surface area (TPSA) is 38.3 Å². The molecular weight excluding hydrogens is 397 g/mol. The van der Waals surface area contributed by atoms with E-state index in [4.69, 9.17) is 27.9 Å². The number of amides is 1. The van der Waals surface area contributed by atoms with Gasteiger partial charge < -0.3 is 10.1 Å². The fourth-order valence-corrected chi connectivity index (χ4v) is 4.60. The number of rotatable bonds is 2. The Kier molecular flexibility index (Phi) is 4.45. The molecule has 1 unspecified atom stereocenters. The molecule has 3 rings (SSSR count). The second-order valence-electron chi connectivity index (χ2n) is 4.50. The van der Waals surface area contributed by atoms with E-state index in [-0.39, 0.29) is 10.7 Å². The number of hydrogen-bond donors (Lipinski definition) is 1. The molecule has 0 spiro atoms. The molecule has 0 aliphatic carbocycles. The van der Waals surface area contributed by atoms with Gasteiger partial charge in [-0.05, 0) is 23.8 Å². The standard InChI is InChI=1S/C14H10BrCl2NO2S/c15-12(9-6-11(16)21-13(9)17)7-1-2-10-8(5-7)14(19)18-3-4-20-10/h1-2,5-6,12H,3-4H2,(H,18,19). The summed E-state index contributed by atoms with van der Waals surface area (Å²) in [6.45, 7) is 0.981. The van der Waals surface area contributed by atoms with Gasteiger partial charge in [0, 0.05) is 5.56 Å². The fourth-order valence-electron chi connectivity index (χ4n) is 2.13. The molecule has 1 aliphatic rings. The van der Waals surface area contributed by atoms with Crippen LogP contribution in [0, 0.1) is 0 Å². The fraction of sp³-hybridized carbons (Fsp3) is 0.214. The Balaban J connectivity index is 2.00. The van der Waals surface area contributed by atoms with Crippen molar-refractivity contribution in [2.24, 2.45) is 0 Å². The third kappa shape index (κ3) is 3.06. The molecule has 1 atom stereocenters. The number of halogens is 3. The number of nitrogens with one attached hydrogen (secondary N) is 1. The number of alkyl halides is 1. The zero-order valence-electron chi connectivity index (χ0n) is 10.7. The van der Waals surface area contributed by atoms with Gasteiger partial charge in [-0.25, -0.2) is 0 Å². The molecule has 0 bridgehead atoms. The molecule has 2 aromatic rings. The van der Waals surface area contributed by atoms with Crippen molar-refractivity contribution in [3.8, 4) is 5.75 Å². The Morgan fingerprint density at radius 3 is 2.86 bits per heavy atom. The molecule has 0 saturated heterocycles. The number of carbonyl (C=O) groups excluding carboxylic acids is 1. The number of ether oxygens (including phenoxy) is 1. The Morgan fingerprint density at radius 1 is 1.33 bits per heavy atom. The minimum Gasteiger partial charge on any atom is -0.491 e. The molecule has 1 aromatic carbocycles. The SMILES string of the molecule is O=C1NCCOc2ccc(C(Br)c3cc(Cl)sc3Cl)cc21. The van der Waals surface area contributed by atoms with E-state index in [9.17, 15) is 4.79 Å². The van der Waals surface area contributed by atoms with Crippen molar-refractivity contribution < 1.29 is 9.53 Å². The van der Waals surface area contributed by atoms with Crippen LogP contribution in [0.3, 0.4) is 0 Å². The summed E-state index contributed by atoms with van der Waals surface area (Å²) in [5, 5.41) is 2.80. The van der Waals surface area contributed by atoms with Gasteiger partial charge in [-0.15, -0.1) is 11.3 Å². The van der Waals surface area contributed by atoms with Gasteiger partial charge in [-0.1, -0.05) is 45.2 Å². The summed E-state index contributed by atoms with van der Waals surface area (Å²) in [6, 6.07) is 7.37. The largest absolute Gasteiger partial charge is 0.491 e. The first-order valence-corrected chi connectivity index (χ1v) is 8.69. The lowest BCUT2D eigenvalue weighted by molar-refractivity contribution is 0.0957. The number of carbonyl (C=O) groups is 1. The van der Waals surface area contributed by atoms with E-state index in [2.05, 4.69) is 21.2 Å². The van der Waals surface area contributed by atoms with Crippen LogP contribution in [-0.4, -0.2) is 19.1 Å². The van der Waals surface area contributed by atoms with Crippen LogP contribution in [0.2, 0.25) is 8.67 Å². The van der Waals surface area contributed by atoms with Crippen molar-refractivity contribution in [2.75, 3.05) is 13.2 Å². The van der Waals surface area contributed by atoms with Gasteiger partial charge in [-0.2, -0.15) is 0 Å². The molecule has 0 saturated carbocycles. The summed E-state index contributed by atoms with van der Waals surface area (Å²) in [5.41, 5.74) is 2.35. The van der Waals surface area contributed by atoms with Crippen molar-refractivity contribution in [2.45, 2.75) is 4.83 Å². The van der Waals surface area contributed by atoms with E-state index in [0.717, 1.165) is 11.1 Å². The zero-order valence-corrected chi connectivity index (χ0v) is 14.6. The third-order valence-electron chi connectivity index (χ3n) is 3.14. The molecule has 7 heteroatoms. The van der Waals surface area contributed by atoms with Gasteiger partial charge in [0.05, 0.1) is 25.6 Å². The smallest absolute Gasteiger partial charge is 0.255 e. The molecule has 3 nitrogen and oxygen atoms in total. The number of thiophene rings is 1. The van der Waals surface area contributed by atoms with Crippen LogP contribution < -0.4 is 10.1 Å². The normalized spacial score (nSPS) is 15.7. The maximum absolute atomic E-state index is 12.0. The highest BCUT2D eigenvalue weighted by atomic mass is 79.9. The quantitative estimate of drug-likeness (QED) is 0.736. The van der Waals surface area contributed by atoms with Gasteiger partial charge in [0.1, 0.15) is 12.4 Å². The monoisotopic (exact) mass is 405 g/mol. The minimum atomic E-state index is -0.130. The van der Waals surface area contributed by atoms with E-state index in [1.54, 1.807) is 0 Å². The Bertz CT molecular complexity index is 704. The Morgan fingerprint density at radius 2 is 2.14 bits per heavy atom. The van der Waals surface area contributed by atoms with Gasteiger partial charge >= 0.3 is 0 Å². The zero-order chi connectivity index (χ0) is 15.0. The molecule has 1 amide bonds. The molecule has 0 radical (unpaired) electrons. The average molecular weight is 407 g/mol. The van der Waals surface area contributed by atoms with Gasteiger partial charge in [0.2, 0.25) is 0 Å². The molecular formula is C14H10BrCl2NO2S. The highest BCUT2D eigenvalue weighted by Gasteiger charge is 2.21. The summed E-state index contributed by atoms with van der Waals surface area (Å²) in [7, 11) is 0. The first-order chi connectivity index (χ1) is 10.1. The average Bonchev–Trinajstić information content (AvgIpc) is 2.69. The predicted octanol–water partition coefficient (Wildman–Crippen LogP) is 4.66. The lowest BCUT2D eigenvalue weighted by Crippen LogP contribution is -2.24. The third-order valence-corrected chi connectivity index (χ3v) is 5.68. The molecule has 0 fully saturated rings. The summed E-state index contributed by atoms with van der Waals surface area (Å²) < 4.78 is 6.81. The number of benzene rings is 1. The van der Waals surface area contributed by atoms with Gasteiger partial charge in [-0.3, -0.25) is 4.79 Å². The van der Waals surface area contributed by atoms with Gasteiger partial charge in [0.25, 0.3) is 5.91 Å². The van der Waals surface area contributed by atoms with Crippen LogP contribution in [0.5, 0.6) is 5.75 Å². The van der Waals surface area contributed by atoms with Crippen molar-refractivity contribution in [3.63, 3.8) is 0 Å². The summed E-state index contributed by atoms with van der Waals surface area (Å²) in [4.78, 5) is 11.9. The molecule has 110 valence electrons. The van der Waals surface area contributed by atoms with E-state index in [1.807, 2.05) is 24.3 Å². The highest BCUT2D eigenvalue weighted by molar-refractivity contribution is 9.09. The molecule has 1 aromatic heterocycles. The summed E-state index contributed by atoms with van der Waals surface area (Å²) in [5.74, 6) is 0.474. The molecule has 21 heavy (non-hydrogen) atoms.